The van der Waals surface area contributed by atoms with Crippen LogP contribution in [0.25, 0.3) is 0 Å². The lowest BCUT2D eigenvalue weighted by molar-refractivity contribution is -0.144. The zero-order valence-corrected chi connectivity index (χ0v) is 9.87. The van der Waals surface area contributed by atoms with Crippen LogP contribution in [0.15, 0.2) is 59.5 Å². The summed E-state index contributed by atoms with van der Waals surface area (Å²) in [5, 5.41) is 0. The molecule has 2 atom stereocenters. The van der Waals surface area contributed by atoms with Crippen LogP contribution in [0.1, 0.15) is 6.42 Å². The van der Waals surface area contributed by atoms with Gasteiger partial charge in [0.25, 0.3) is 0 Å². The monoisotopic (exact) mass is 239 g/mol. The van der Waals surface area contributed by atoms with Gasteiger partial charge in [0.15, 0.2) is 0 Å². The zero-order chi connectivity index (χ0) is 12.1. The Morgan fingerprint density at radius 3 is 3.11 bits per heavy atom. The van der Waals surface area contributed by atoms with E-state index < -0.39 is 0 Å². The minimum absolute atomic E-state index is 0.111. The minimum atomic E-state index is -0.228. The van der Waals surface area contributed by atoms with Crippen molar-refractivity contribution in [3.8, 4) is 0 Å². The van der Waals surface area contributed by atoms with Crippen LogP contribution >= 0.6 is 0 Å². The number of esters is 1. The molecule has 90 valence electrons. The van der Waals surface area contributed by atoms with Crippen molar-refractivity contribution in [3.63, 3.8) is 0 Å². The van der Waals surface area contributed by atoms with Gasteiger partial charge in [-0.05, 0) is 29.7 Å². The van der Waals surface area contributed by atoms with Crippen LogP contribution in [0.4, 0.5) is 0 Å². The summed E-state index contributed by atoms with van der Waals surface area (Å²) in [6.07, 6.45) is 15.0. The Hall–Kier alpha value is -2.03. The van der Waals surface area contributed by atoms with Crippen molar-refractivity contribution in [2.24, 2.45) is 5.92 Å². The Morgan fingerprint density at radius 2 is 2.17 bits per heavy atom. The van der Waals surface area contributed by atoms with Crippen LogP contribution in [-0.4, -0.2) is 23.5 Å². The third-order valence-electron chi connectivity index (χ3n) is 3.90. The van der Waals surface area contributed by atoms with Gasteiger partial charge in [0.2, 0.25) is 0 Å². The van der Waals surface area contributed by atoms with Crippen molar-refractivity contribution in [1.29, 1.82) is 0 Å². The van der Waals surface area contributed by atoms with E-state index in [1.807, 2.05) is 6.08 Å². The van der Waals surface area contributed by atoms with E-state index in [9.17, 15) is 4.79 Å². The number of hydrogen-bond acceptors (Lipinski definition) is 3. The van der Waals surface area contributed by atoms with E-state index >= 15 is 0 Å². The molecule has 3 nitrogen and oxygen atoms in total. The average molecular weight is 239 g/mol. The predicted octanol–water partition coefficient (Wildman–Crippen LogP) is 2.07. The summed E-state index contributed by atoms with van der Waals surface area (Å²) >= 11 is 0. The van der Waals surface area contributed by atoms with E-state index in [1.165, 1.54) is 17.3 Å². The van der Waals surface area contributed by atoms with Gasteiger partial charge in [0, 0.05) is 30.4 Å². The highest BCUT2D eigenvalue weighted by atomic mass is 16.5. The molecule has 0 amide bonds. The first-order chi connectivity index (χ1) is 8.83. The molecule has 0 saturated heterocycles. The van der Waals surface area contributed by atoms with Crippen molar-refractivity contribution >= 4 is 5.97 Å². The van der Waals surface area contributed by atoms with Gasteiger partial charge in [-0.2, -0.15) is 0 Å². The van der Waals surface area contributed by atoms with Crippen LogP contribution in [0, 0.1) is 5.92 Å². The highest BCUT2D eigenvalue weighted by Crippen LogP contribution is 2.42. The largest absolute Gasteiger partial charge is 0.454 e. The third-order valence-corrected chi connectivity index (χ3v) is 3.90. The molecule has 0 spiro atoms. The van der Waals surface area contributed by atoms with Crippen molar-refractivity contribution < 1.29 is 9.53 Å². The third kappa shape index (κ3) is 1.27. The number of carbonyl (C=O) groups excluding carboxylic acids is 1. The zero-order valence-electron chi connectivity index (χ0n) is 9.87. The van der Waals surface area contributed by atoms with Gasteiger partial charge in [-0.3, -0.25) is 0 Å². The fraction of sp³-hybridized carbons (Fsp3) is 0.267. The normalized spacial score (nSPS) is 31.9. The molecule has 0 saturated carbocycles. The quantitative estimate of drug-likeness (QED) is 0.606. The Bertz CT molecular complexity index is 577. The Morgan fingerprint density at radius 1 is 1.22 bits per heavy atom. The molecular weight excluding hydrogens is 226 g/mol. The maximum absolute atomic E-state index is 11.4. The predicted molar refractivity (Wildman–Crippen MR) is 67.2 cm³/mol. The first kappa shape index (κ1) is 9.95. The maximum atomic E-state index is 11.4. The summed E-state index contributed by atoms with van der Waals surface area (Å²) in [6.45, 7) is 0.908. The van der Waals surface area contributed by atoms with E-state index in [0.29, 0.717) is 0 Å². The van der Waals surface area contributed by atoms with Crippen molar-refractivity contribution in [2.45, 2.75) is 12.5 Å². The molecule has 4 aliphatic rings. The second-order valence-corrected chi connectivity index (χ2v) is 4.96. The van der Waals surface area contributed by atoms with E-state index in [-0.39, 0.29) is 18.0 Å². The van der Waals surface area contributed by atoms with Gasteiger partial charge in [-0.1, -0.05) is 18.2 Å². The standard InChI is InChI=1S/C15H13NO2/c17-13-6-5-11-9-10-3-1-7-16-8-2-4-12(14(10)16)15(11)18-13/h1-3,5-6,8-9,12,15H,4,7H2. The Kier molecular flexibility index (Phi) is 1.92. The summed E-state index contributed by atoms with van der Waals surface area (Å²) < 4.78 is 5.51. The average Bonchev–Trinajstić information content (AvgIpc) is 2.40. The summed E-state index contributed by atoms with van der Waals surface area (Å²) in [5.74, 6) is 0.0394. The first-order valence-electron chi connectivity index (χ1n) is 6.27. The fourth-order valence-corrected chi connectivity index (χ4v) is 3.16. The minimum Gasteiger partial charge on any atom is -0.454 e. The van der Waals surface area contributed by atoms with Crippen LogP contribution in [0.2, 0.25) is 0 Å². The van der Waals surface area contributed by atoms with Gasteiger partial charge < -0.3 is 9.64 Å². The number of carbonyl (C=O) groups is 1. The molecule has 4 rings (SSSR count). The van der Waals surface area contributed by atoms with E-state index in [2.05, 4.69) is 35.4 Å². The topological polar surface area (TPSA) is 29.5 Å². The van der Waals surface area contributed by atoms with Crippen molar-refractivity contribution in [2.75, 3.05) is 6.54 Å². The van der Waals surface area contributed by atoms with Crippen molar-refractivity contribution in [1.82, 2.24) is 4.90 Å². The van der Waals surface area contributed by atoms with Gasteiger partial charge in [-0.25, -0.2) is 4.79 Å². The molecule has 3 aliphatic heterocycles. The van der Waals surface area contributed by atoms with Gasteiger partial charge in [0.05, 0.1) is 0 Å². The molecule has 0 aromatic carbocycles. The molecule has 0 bridgehead atoms. The van der Waals surface area contributed by atoms with Crippen LogP contribution in [0.3, 0.4) is 0 Å². The van der Waals surface area contributed by atoms with Crippen LogP contribution < -0.4 is 0 Å². The molecule has 0 aromatic heterocycles. The molecule has 18 heavy (non-hydrogen) atoms. The lowest BCUT2D eigenvalue weighted by Crippen LogP contribution is -2.41. The summed E-state index contributed by atoms with van der Waals surface area (Å²) in [6, 6.07) is 0. The maximum Gasteiger partial charge on any atom is 0.331 e. The van der Waals surface area contributed by atoms with Gasteiger partial charge in [-0.15, -0.1) is 0 Å². The van der Waals surface area contributed by atoms with Crippen LogP contribution in [0.5, 0.6) is 0 Å². The first-order valence-corrected chi connectivity index (χ1v) is 6.27. The summed E-state index contributed by atoms with van der Waals surface area (Å²) in [7, 11) is 0. The molecule has 0 fully saturated rings. The van der Waals surface area contributed by atoms with E-state index in [0.717, 1.165) is 18.5 Å². The molecular formula is C15H13NO2. The number of fused-ring (bicyclic) bond motifs is 2. The summed E-state index contributed by atoms with van der Waals surface area (Å²) in [5.41, 5.74) is 3.67. The number of hydrogen-bond donors (Lipinski definition) is 0. The molecule has 0 aromatic rings. The smallest absolute Gasteiger partial charge is 0.331 e. The molecule has 0 N–H and O–H groups in total. The number of allylic oxidation sites excluding steroid dienone is 4. The Labute approximate surface area is 105 Å². The lowest BCUT2D eigenvalue weighted by atomic mass is 9.78. The SMILES string of the molecule is O=C1C=CC2=CC3=C4C(CC=CN4CC=C3)C2O1. The highest BCUT2D eigenvalue weighted by molar-refractivity contribution is 5.84. The fourth-order valence-electron chi connectivity index (χ4n) is 3.16. The molecule has 3 heterocycles. The molecule has 3 heteroatoms. The van der Waals surface area contributed by atoms with Crippen molar-refractivity contribution in [3.05, 3.63) is 59.5 Å². The lowest BCUT2D eigenvalue weighted by Gasteiger charge is -2.42. The number of rotatable bonds is 0. The van der Waals surface area contributed by atoms with E-state index in [4.69, 9.17) is 4.74 Å². The number of nitrogens with zero attached hydrogens (tertiary/aromatic N) is 1. The van der Waals surface area contributed by atoms with E-state index in [1.54, 1.807) is 0 Å². The molecule has 0 radical (unpaired) electrons. The summed E-state index contributed by atoms with van der Waals surface area (Å²) in [4.78, 5) is 13.7. The van der Waals surface area contributed by atoms with Gasteiger partial charge in [0.1, 0.15) is 6.10 Å². The Balaban J connectivity index is 1.88. The number of ether oxygens (including phenoxy) is 1. The second-order valence-electron chi connectivity index (χ2n) is 4.96. The molecule has 2 unspecified atom stereocenters. The molecule has 1 aliphatic carbocycles. The second kappa shape index (κ2) is 3.48. The highest BCUT2D eigenvalue weighted by Gasteiger charge is 2.39. The van der Waals surface area contributed by atoms with Crippen LogP contribution in [-0.2, 0) is 9.53 Å². The van der Waals surface area contributed by atoms with Gasteiger partial charge >= 0.3 is 5.97 Å².